The molecule has 1 unspecified atom stereocenters. The van der Waals surface area contributed by atoms with E-state index < -0.39 is 0 Å². The molecule has 114 valence electrons. The maximum atomic E-state index is 4.70. The van der Waals surface area contributed by atoms with E-state index in [9.17, 15) is 0 Å². The van der Waals surface area contributed by atoms with E-state index in [1.807, 2.05) is 10.7 Å². The summed E-state index contributed by atoms with van der Waals surface area (Å²) in [5, 5.41) is 8.32. The highest BCUT2D eigenvalue weighted by molar-refractivity contribution is 5.36. The SMILES string of the molecule is CCCCC(C)NCc1c(C)nn(-c2ccccc2)c1C. The van der Waals surface area contributed by atoms with Crippen LogP contribution in [0.2, 0.25) is 0 Å². The molecule has 0 aliphatic rings. The Morgan fingerprint density at radius 2 is 1.90 bits per heavy atom. The third-order valence-electron chi connectivity index (χ3n) is 4.06. The average Bonchev–Trinajstić information content (AvgIpc) is 2.79. The topological polar surface area (TPSA) is 29.9 Å². The van der Waals surface area contributed by atoms with Crippen LogP contribution < -0.4 is 5.32 Å². The van der Waals surface area contributed by atoms with E-state index in [-0.39, 0.29) is 0 Å². The smallest absolute Gasteiger partial charge is 0.0648 e. The van der Waals surface area contributed by atoms with Gasteiger partial charge in [0.15, 0.2) is 0 Å². The van der Waals surface area contributed by atoms with Crippen molar-refractivity contribution < 1.29 is 0 Å². The fourth-order valence-corrected chi connectivity index (χ4v) is 2.64. The van der Waals surface area contributed by atoms with E-state index in [4.69, 9.17) is 5.10 Å². The predicted octanol–water partition coefficient (Wildman–Crippen LogP) is 4.16. The number of nitrogens with zero attached hydrogens (tertiary/aromatic N) is 2. The Morgan fingerprint density at radius 1 is 1.19 bits per heavy atom. The summed E-state index contributed by atoms with van der Waals surface area (Å²) >= 11 is 0. The summed E-state index contributed by atoms with van der Waals surface area (Å²) in [6.45, 7) is 9.66. The van der Waals surface area contributed by atoms with Crippen molar-refractivity contribution in [1.82, 2.24) is 15.1 Å². The molecule has 3 heteroatoms. The van der Waals surface area contributed by atoms with Gasteiger partial charge in [-0.2, -0.15) is 5.10 Å². The van der Waals surface area contributed by atoms with Gasteiger partial charge in [-0.15, -0.1) is 0 Å². The standard InChI is InChI=1S/C18H27N3/c1-5-6-10-14(2)19-13-18-15(3)20-21(16(18)4)17-11-8-7-9-12-17/h7-9,11-12,14,19H,5-6,10,13H2,1-4H3. The normalized spacial score (nSPS) is 12.6. The predicted molar refractivity (Wildman–Crippen MR) is 88.9 cm³/mol. The molecule has 0 saturated carbocycles. The van der Waals surface area contributed by atoms with Crippen molar-refractivity contribution in [3.8, 4) is 5.69 Å². The third-order valence-corrected chi connectivity index (χ3v) is 4.06. The zero-order chi connectivity index (χ0) is 15.2. The van der Waals surface area contributed by atoms with E-state index in [0.29, 0.717) is 6.04 Å². The minimum atomic E-state index is 0.559. The molecular weight excluding hydrogens is 258 g/mol. The van der Waals surface area contributed by atoms with Crippen LogP contribution in [0.5, 0.6) is 0 Å². The van der Waals surface area contributed by atoms with Crippen molar-refractivity contribution in [3.05, 3.63) is 47.3 Å². The molecule has 1 atom stereocenters. The number of benzene rings is 1. The average molecular weight is 285 g/mol. The highest BCUT2D eigenvalue weighted by atomic mass is 15.3. The minimum absolute atomic E-state index is 0.559. The van der Waals surface area contributed by atoms with Crippen LogP contribution in [0.3, 0.4) is 0 Å². The van der Waals surface area contributed by atoms with Gasteiger partial charge in [0.25, 0.3) is 0 Å². The van der Waals surface area contributed by atoms with Crippen LogP contribution in [-0.2, 0) is 6.54 Å². The second-order valence-corrected chi connectivity index (χ2v) is 5.82. The van der Waals surface area contributed by atoms with E-state index in [0.717, 1.165) is 17.9 Å². The lowest BCUT2D eigenvalue weighted by atomic mass is 10.1. The molecule has 0 fully saturated rings. The molecule has 1 aromatic heterocycles. The Hall–Kier alpha value is -1.61. The molecule has 0 amide bonds. The van der Waals surface area contributed by atoms with Crippen molar-refractivity contribution in [2.45, 2.75) is 59.5 Å². The van der Waals surface area contributed by atoms with Gasteiger partial charge >= 0.3 is 0 Å². The Morgan fingerprint density at radius 3 is 2.57 bits per heavy atom. The summed E-state index contributed by atoms with van der Waals surface area (Å²) in [5.74, 6) is 0. The van der Waals surface area contributed by atoms with Gasteiger partial charge in [-0.3, -0.25) is 0 Å². The molecule has 2 rings (SSSR count). The van der Waals surface area contributed by atoms with Gasteiger partial charge in [-0.1, -0.05) is 38.0 Å². The molecule has 21 heavy (non-hydrogen) atoms. The number of aromatic nitrogens is 2. The highest BCUT2D eigenvalue weighted by Gasteiger charge is 2.13. The van der Waals surface area contributed by atoms with Crippen LogP contribution in [-0.4, -0.2) is 15.8 Å². The van der Waals surface area contributed by atoms with Crippen molar-refractivity contribution in [2.24, 2.45) is 0 Å². The van der Waals surface area contributed by atoms with Gasteiger partial charge in [0.1, 0.15) is 0 Å². The Labute approximate surface area is 128 Å². The number of hydrogen-bond acceptors (Lipinski definition) is 2. The summed E-state index contributed by atoms with van der Waals surface area (Å²) < 4.78 is 2.04. The van der Waals surface area contributed by atoms with Gasteiger partial charge < -0.3 is 5.32 Å². The fraction of sp³-hybridized carbons (Fsp3) is 0.500. The number of rotatable bonds is 7. The molecular formula is C18H27N3. The van der Waals surface area contributed by atoms with Gasteiger partial charge in [0, 0.05) is 23.8 Å². The van der Waals surface area contributed by atoms with E-state index in [1.54, 1.807) is 0 Å². The largest absolute Gasteiger partial charge is 0.310 e. The summed E-state index contributed by atoms with van der Waals surface area (Å²) in [4.78, 5) is 0. The van der Waals surface area contributed by atoms with Crippen LogP contribution in [0.4, 0.5) is 0 Å². The van der Waals surface area contributed by atoms with Gasteiger partial charge in [-0.05, 0) is 39.3 Å². The van der Waals surface area contributed by atoms with Crippen LogP contribution in [0.25, 0.3) is 5.69 Å². The van der Waals surface area contributed by atoms with Crippen molar-refractivity contribution in [2.75, 3.05) is 0 Å². The summed E-state index contributed by atoms with van der Waals surface area (Å²) in [7, 11) is 0. The number of hydrogen-bond donors (Lipinski definition) is 1. The maximum Gasteiger partial charge on any atom is 0.0648 e. The summed E-state index contributed by atoms with van der Waals surface area (Å²) in [5.41, 5.74) is 4.80. The fourth-order valence-electron chi connectivity index (χ4n) is 2.64. The summed E-state index contributed by atoms with van der Waals surface area (Å²) in [6.07, 6.45) is 3.78. The van der Waals surface area contributed by atoms with Crippen LogP contribution >= 0.6 is 0 Å². The minimum Gasteiger partial charge on any atom is -0.310 e. The zero-order valence-electron chi connectivity index (χ0n) is 13.7. The molecule has 0 aliphatic carbocycles. The molecule has 2 aromatic rings. The van der Waals surface area contributed by atoms with E-state index in [2.05, 4.69) is 57.3 Å². The first-order valence-electron chi connectivity index (χ1n) is 7.97. The zero-order valence-corrected chi connectivity index (χ0v) is 13.7. The quantitative estimate of drug-likeness (QED) is 0.828. The van der Waals surface area contributed by atoms with Gasteiger partial charge in [-0.25, -0.2) is 4.68 Å². The van der Waals surface area contributed by atoms with E-state index in [1.165, 1.54) is 30.5 Å². The second kappa shape index (κ2) is 7.41. The number of nitrogens with one attached hydrogen (secondary N) is 1. The molecule has 1 aromatic carbocycles. The molecule has 3 nitrogen and oxygen atoms in total. The lowest BCUT2D eigenvalue weighted by Crippen LogP contribution is -2.25. The Bertz CT molecular complexity index is 557. The van der Waals surface area contributed by atoms with Crippen molar-refractivity contribution >= 4 is 0 Å². The molecule has 0 spiro atoms. The highest BCUT2D eigenvalue weighted by Crippen LogP contribution is 2.18. The van der Waals surface area contributed by atoms with Crippen LogP contribution in [0.1, 0.15) is 50.1 Å². The van der Waals surface area contributed by atoms with Gasteiger partial charge in [0.2, 0.25) is 0 Å². The number of aryl methyl sites for hydroxylation is 1. The molecule has 0 saturated heterocycles. The number of para-hydroxylation sites is 1. The molecule has 1 N–H and O–H groups in total. The first-order valence-corrected chi connectivity index (χ1v) is 7.97. The first-order chi connectivity index (χ1) is 10.1. The monoisotopic (exact) mass is 285 g/mol. The van der Waals surface area contributed by atoms with Crippen molar-refractivity contribution in [1.29, 1.82) is 0 Å². The molecule has 0 aliphatic heterocycles. The van der Waals surface area contributed by atoms with Gasteiger partial charge in [0.05, 0.1) is 11.4 Å². The van der Waals surface area contributed by atoms with E-state index >= 15 is 0 Å². The van der Waals surface area contributed by atoms with Crippen LogP contribution in [0.15, 0.2) is 30.3 Å². The number of unbranched alkanes of at least 4 members (excludes halogenated alkanes) is 1. The lowest BCUT2D eigenvalue weighted by Gasteiger charge is -2.13. The molecule has 0 radical (unpaired) electrons. The second-order valence-electron chi connectivity index (χ2n) is 5.82. The third kappa shape index (κ3) is 3.94. The van der Waals surface area contributed by atoms with Crippen LogP contribution in [0, 0.1) is 13.8 Å². The first kappa shape index (κ1) is 15.8. The summed E-state index contributed by atoms with van der Waals surface area (Å²) in [6, 6.07) is 10.9. The Balaban J connectivity index is 2.09. The molecule has 1 heterocycles. The Kier molecular flexibility index (Phi) is 5.57. The maximum absolute atomic E-state index is 4.70. The molecule has 0 bridgehead atoms. The lowest BCUT2D eigenvalue weighted by molar-refractivity contribution is 0.493. The van der Waals surface area contributed by atoms with Crippen molar-refractivity contribution in [3.63, 3.8) is 0 Å².